The molecule has 1 aromatic rings. The quantitative estimate of drug-likeness (QED) is 0.726. The van der Waals surface area contributed by atoms with Crippen LogP contribution in [0.5, 0.6) is 0 Å². The normalized spacial score (nSPS) is 24.6. The van der Waals surface area contributed by atoms with Crippen LogP contribution in [0.3, 0.4) is 0 Å². The number of anilines is 1. The minimum Gasteiger partial charge on any atom is -0.348 e. The molecule has 3 rings (SSSR count). The van der Waals surface area contributed by atoms with Crippen molar-refractivity contribution in [2.24, 2.45) is 4.99 Å². The van der Waals surface area contributed by atoms with Gasteiger partial charge in [0.15, 0.2) is 15.0 Å². The summed E-state index contributed by atoms with van der Waals surface area (Å²) in [6.45, 7) is 0. The van der Waals surface area contributed by atoms with Gasteiger partial charge < -0.3 is 9.80 Å². The van der Waals surface area contributed by atoms with Crippen LogP contribution >= 0.6 is 27.7 Å². The maximum atomic E-state index is 12.0. The number of benzene rings is 1. The molecule has 1 amide bonds. The summed E-state index contributed by atoms with van der Waals surface area (Å²) in [5.74, 6) is 0.456. The van der Waals surface area contributed by atoms with Gasteiger partial charge >= 0.3 is 0 Å². The van der Waals surface area contributed by atoms with Crippen LogP contribution in [-0.2, 0) is 14.6 Å². The van der Waals surface area contributed by atoms with Crippen molar-refractivity contribution in [1.82, 2.24) is 4.90 Å². The summed E-state index contributed by atoms with van der Waals surface area (Å²) in [4.78, 5) is 20.0. The van der Waals surface area contributed by atoms with Crippen LogP contribution in [-0.4, -0.2) is 67.8 Å². The summed E-state index contributed by atoms with van der Waals surface area (Å²) >= 11 is 4.81. The number of carbonyl (C=O) groups excluding carboxylic acids is 1. The van der Waals surface area contributed by atoms with Crippen LogP contribution in [0.1, 0.15) is 0 Å². The minimum atomic E-state index is -3.07. The van der Waals surface area contributed by atoms with Crippen molar-refractivity contribution in [3.05, 3.63) is 28.7 Å². The van der Waals surface area contributed by atoms with E-state index in [1.165, 1.54) is 16.7 Å². The second-order valence-corrected chi connectivity index (χ2v) is 10.1. The Morgan fingerprint density at radius 3 is 2.83 bits per heavy atom. The van der Waals surface area contributed by atoms with Crippen LogP contribution in [0.15, 0.2) is 33.7 Å². The number of halogens is 1. The zero-order valence-corrected chi connectivity index (χ0v) is 16.6. The molecular weight excluding hydrogens is 414 g/mol. The van der Waals surface area contributed by atoms with Gasteiger partial charge in [-0.3, -0.25) is 9.79 Å². The van der Waals surface area contributed by atoms with Crippen molar-refractivity contribution >= 4 is 54.3 Å². The number of sulfone groups is 1. The van der Waals surface area contributed by atoms with Crippen LogP contribution in [0.2, 0.25) is 0 Å². The Balaban J connectivity index is 1.89. The summed E-state index contributed by atoms with van der Waals surface area (Å²) in [5, 5.41) is 0.716. The van der Waals surface area contributed by atoms with Gasteiger partial charge in [-0.05, 0) is 18.2 Å². The zero-order valence-electron chi connectivity index (χ0n) is 13.3. The molecular formula is C15H18BrN3O3S2. The van der Waals surface area contributed by atoms with Crippen molar-refractivity contribution in [3.8, 4) is 0 Å². The van der Waals surface area contributed by atoms with E-state index in [2.05, 4.69) is 20.9 Å². The van der Waals surface area contributed by atoms with E-state index in [0.29, 0.717) is 5.17 Å². The lowest BCUT2D eigenvalue weighted by molar-refractivity contribution is -0.125. The van der Waals surface area contributed by atoms with Crippen LogP contribution in [0.4, 0.5) is 5.69 Å². The van der Waals surface area contributed by atoms with Crippen LogP contribution in [0, 0.1) is 0 Å². The van der Waals surface area contributed by atoms with Gasteiger partial charge in [0.1, 0.15) is 0 Å². The van der Waals surface area contributed by atoms with Gasteiger partial charge in [0.25, 0.3) is 0 Å². The first kappa shape index (κ1) is 17.8. The highest BCUT2D eigenvalue weighted by Gasteiger charge is 2.47. The van der Waals surface area contributed by atoms with Crippen LogP contribution in [0.25, 0.3) is 0 Å². The van der Waals surface area contributed by atoms with Gasteiger partial charge in [-0.1, -0.05) is 33.8 Å². The number of rotatable bonds is 3. The third kappa shape index (κ3) is 3.62. The monoisotopic (exact) mass is 431 g/mol. The van der Waals surface area contributed by atoms with Gasteiger partial charge in [-0.15, -0.1) is 0 Å². The molecule has 0 bridgehead atoms. The van der Waals surface area contributed by atoms with E-state index in [9.17, 15) is 13.2 Å². The number of amides is 1. The summed E-state index contributed by atoms with van der Waals surface area (Å²) in [7, 11) is 0.360. The van der Waals surface area contributed by atoms with Gasteiger partial charge in [0.2, 0.25) is 5.91 Å². The Morgan fingerprint density at radius 2 is 2.17 bits per heavy atom. The molecule has 2 aliphatic rings. The number of carbonyl (C=O) groups is 1. The van der Waals surface area contributed by atoms with Gasteiger partial charge in [0, 0.05) is 24.3 Å². The fraction of sp³-hybridized carbons (Fsp3) is 0.467. The molecule has 0 spiro atoms. The Hall–Kier alpha value is -1.06. The third-order valence-electron chi connectivity index (χ3n) is 4.02. The molecule has 1 aromatic carbocycles. The summed E-state index contributed by atoms with van der Waals surface area (Å²) in [5.41, 5.74) is 0.887. The highest BCUT2D eigenvalue weighted by atomic mass is 79.9. The third-order valence-corrected chi connectivity index (χ3v) is 7.16. The first-order chi connectivity index (χ1) is 11.3. The van der Waals surface area contributed by atoms with Gasteiger partial charge in [-0.2, -0.15) is 0 Å². The average molecular weight is 432 g/mol. The van der Waals surface area contributed by atoms with E-state index in [1.54, 1.807) is 14.1 Å². The topological polar surface area (TPSA) is 70.0 Å². The van der Waals surface area contributed by atoms with Crippen LogP contribution < -0.4 is 4.90 Å². The first-order valence-electron chi connectivity index (χ1n) is 7.43. The van der Waals surface area contributed by atoms with Crippen molar-refractivity contribution in [2.75, 3.05) is 36.3 Å². The number of thioether (sulfide) groups is 1. The Labute approximate surface area is 154 Å². The fourth-order valence-corrected chi connectivity index (χ4v) is 6.15. The molecule has 0 saturated carbocycles. The van der Waals surface area contributed by atoms with E-state index in [0.717, 1.165) is 10.2 Å². The highest BCUT2D eigenvalue weighted by molar-refractivity contribution is 9.10. The van der Waals surface area contributed by atoms with Crippen molar-refractivity contribution in [1.29, 1.82) is 0 Å². The Morgan fingerprint density at radius 1 is 1.42 bits per heavy atom. The van der Waals surface area contributed by atoms with Crippen molar-refractivity contribution in [3.63, 3.8) is 0 Å². The largest absolute Gasteiger partial charge is 0.348 e. The van der Waals surface area contributed by atoms with E-state index < -0.39 is 9.84 Å². The molecule has 0 N–H and O–H groups in total. The Kier molecular flexibility index (Phi) is 4.94. The molecule has 2 aliphatic heterocycles. The lowest BCUT2D eigenvalue weighted by Crippen LogP contribution is -2.39. The number of hydrogen-bond acceptors (Lipinski definition) is 6. The second-order valence-electron chi connectivity index (χ2n) is 6.05. The molecule has 0 radical (unpaired) electrons. The molecule has 0 aromatic heterocycles. The molecule has 0 unspecified atom stereocenters. The predicted octanol–water partition coefficient (Wildman–Crippen LogP) is 1.61. The second kappa shape index (κ2) is 6.68. The zero-order chi connectivity index (χ0) is 17.5. The summed E-state index contributed by atoms with van der Waals surface area (Å²) in [6.07, 6.45) is 0. The Bertz CT molecular complexity index is 795. The molecule has 2 atom stereocenters. The lowest BCUT2D eigenvalue weighted by atomic mass is 10.1. The number of fused-ring (bicyclic) bond motifs is 1. The molecule has 1 saturated heterocycles. The average Bonchev–Trinajstić information content (AvgIpc) is 2.95. The lowest BCUT2D eigenvalue weighted by Gasteiger charge is -2.26. The molecule has 0 aliphatic carbocycles. The molecule has 1 fully saturated rings. The fourth-order valence-electron chi connectivity index (χ4n) is 2.82. The van der Waals surface area contributed by atoms with Crippen molar-refractivity contribution < 1.29 is 13.2 Å². The standard InChI is InChI=1S/C15H18BrN3O3S2/c1-18(2)14(20)7-23-15-17-12-8-24(21,22)9-13(12)19(15)11-5-3-4-10(16)6-11/h3-6,12-13H,7-9H2,1-2H3/t12-,13-/m1/s1. The van der Waals surface area contributed by atoms with E-state index in [1.807, 2.05) is 29.2 Å². The van der Waals surface area contributed by atoms with Gasteiger partial charge in [0.05, 0.1) is 29.3 Å². The number of nitrogens with zero attached hydrogens (tertiary/aromatic N) is 3. The molecule has 2 heterocycles. The van der Waals surface area contributed by atoms with Gasteiger partial charge in [-0.25, -0.2) is 8.42 Å². The van der Waals surface area contributed by atoms with E-state index in [-0.39, 0.29) is 35.2 Å². The first-order valence-corrected chi connectivity index (χ1v) is 11.0. The minimum absolute atomic E-state index is 0.00146. The molecule has 130 valence electrons. The number of hydrogen-bond donors (Lipinski definition) is 0. The maximum Gasteiger partial charge on any atom is 0.232 e. The molecule has 24 heavy (non-hydrogen) atoms. The highest BCUT2D eigenvalue weighted by Crippen LogP contribution is 2.35. The number of amidine groups is 1. The SMILES string of the molecule is CN(C)C(=O)CSC1=N[C@@H]2CS(=O)(=O)C[C@H]2N1c1cccc(Br)c1. The maximum absolute atomic E-state index is 12.0. The van der Waals surface area contributed by atoms with E-state index in [4.69, 9.17) is 0 Å². The van der Waals surface area contributed by atoms with Crippen molar-refractivity contribution in [2.45, 2.75) is 12.1 Å². The predicted molar refractivity (Wildman–Crippen MR) is 101 cm³/mol. The summed E-state index contributed by atoms with van der Waals surface area (Å²) < 4.78 is 24.9. The summed E-state index contributed by atoms with van der Waals surface area (Å²) in [6, 6.07) is 7.25. The molecule has 6 nitrogen and oxygen atoms in total. The molecule has 9 heteroatoms. The number of aliphatic imine (C=N–C) groups is 1. The smallest absolute Gasteiger partial charge is 0.232 e. The van der Waals surface area contributed by atoms with E-state index >= 15 is 0 Å².